The van der Waals surface area contributed by atoms with Crippen molar-refractivity contribution >= 4 is 21.6 Å². The molecule has 0 saturated carbocycles. The van der Waals surface area contributed by atoms with E-state index in [4.69, 9.17) is 5.11 Å². The average Bonchev–Trinajstić information content (AvgIpc) is 2.16. The largest absolute Gasteiger partial charge is 0.392 e. The minimum atomic E-state index is -3.03. The molecule has 1 heterocycles. The van der Waals surface area contributed by atoms with Gasteiger partial charge >= 0.3 is 5.69 Å². The summed E-state index contributed by atoms with van der Waals surface area (Å²) in [6.07, 6.45) is -2.06. The van der Waals surface area contributed by atoms with Crippen molar-refractivity contribution in [2.75, 3.05) is 0 Å². The Morgan fingerprint density at radius 3 is 2.67 bits per heavy atom. The van der Waals surface area contributed by atoms with Crippen molar-refractivity contribution in [2.24, 2.45) is 0 Å². The van der Waals surface area contributed by atoms with E-state index in [0.717, 1.165) is 6.20 Å². The molecule has 0 aliphatic heterocycles. The zero-order chi connectivity index (χ0) is 11.6. The van der Waals surface area contributed by atoms with Crippen LogP contribution in [-0.4, -0.2) is 15.0 Å². The van der Waals surface area contributed by atoms with Crippen LogP contribution in [0.2, 0.25) is 0 Å². The smallest absolute Gasteiger partial charge is 0.311 e. The van der Waals surface area contributed by atoms with Crippen LogP contribution in [0.3, 0.4) is 0 Å². The Bertz CT molecular complexity index is 400. The molecular weight excluding hydrogens is 278 g/mol. The molecule has 0 amide bonds. The van der Waals surface area contributed by atoms with Gasteiger partial charge in [-0.1, -0.05) is 0 Å². The zero-order valence-corrected chi connectivity index (χ0v) is 8.74. The van der Waals surface area contributed by atoms with E-state index in [-0.39, 0.29) is 10.0 Å². The Morgan fingerprint density at radius 1 is 1.67 bits per heavy atom. The minimum Gasteiger partial charge on any atom is -0.392 e. The van der Waals surface area contributed by atoms with Gasteiger partial charge in [-0.2, -0.15) is 0 Å². The second-order valence-corrected chi connectivity index (χ2v) is 3.34. The number of pyridine rings is 1. The number of hydrogen-bond donors (Lipinski definition) is 1. The summed E-state index contributed by atoms with van der Waals surface area (Å²) < 4.78 is 24.5. The first-order valence-electron chi connectivity index (χ1n) is 3.69. The lowest BCUT2D eigenvalue weighted by Crippen LogP contribution is -2.03. The number of hydrogen-bond acceptors (Lipinski definition) is 4. The number of halogens is 3. The molecule has 1 aromatic rings. The molecule has 0 bridgehead atoms. The van der Waals surface area contributed by atoms with E-state index < -0.39 is 29.3 Å². The second kappa shape index (κ2) is 4.58. The van der Waals surface area contributed by atoms with E-state index in [0.29, 0.717) is 0 Å². The van der Waals surface area contributed by atoms with E-state index in [2.05, 4.69) is 20.9 Å². The molecule has 1 aromatic heterocycles. The van der Waals surface area contributed by atoms with Crippen LogP contribution >= 0.6 is 15.9 Å². The molecule has 0 aliphatic carbocycles. The molecule has 0 atom stereocenters. The third-order valence-electron chi connectivity index (χ3n) is 1.65. The number of nitro groups is 1. The standard InChI is InChI=1S/C7H5BrF2N2O3/c8-4-3(2-13)1-11-5(7(9)10)6(4)12(14)15/h1,7,13H,2H2. The maximum atomic E-state index is 12.4. The molecule has 1 N–H and O–H groups in total. The van der Waals surface area contributed by atoms with Gasteiger partial charge in [0.15, 0.2) is 5.69 Å². The van der Waals surface area contributed by atoms with Crippen LogP contribution in [0.1, 0.15) is 17.7 Å². The molecule has 82 valence electrons. The highest BCUT2D eigenvalue weighted by atomic mass is 79.9. The highest BCUT2D eigenvalue weighted by molar-refractivity contribution is 9.10. The topological polar surface area (TPSA) is 76.3 Å². The van der Waals surface area contributed by atoms with E-state index in [1.165, 1.54) is 0 Å². The van der Waals surface area contributed by atoms with Crippen molar-refractivity contribution in [2.45, 2.75) is 13.0 Å². The maximum absolute atomic E-state index is 12.4. The summed E-state index contributed by atoms with van der Waals surface area (Å²) >= 11 is 2.79. The third-order valence-corrected chi connectivity index (χ3v) is 2.54. The van der Waals surface area contributed by atoms with E-state index in [1.807, 2.05) is 0 Å². The Kier molecular flexibility index (Phi) is 3.64. The van der Waals surface area contributed by atoms with Gasteiger partial charge in [-0.3, -0.25) is 10.1 Å². The molecule has 1 rings (SSSR count). The van der Waals surface area contributed by atoms with Crippen molar-refractivity contribution in [1.82, 2.24) is 4.98 Å². The molecule has 0 saturated heterocycles. The molecule has 15 heavy (non-hydrogen) atoms. The van der Waals surface area contributed by atoms with Gasteiger partial charge in [-0.05, 0) is 15.9 Å². The predicted molar refractivity (Wildman–Crippen MR) is 49.5 cm³/mol. The van der Waals surface area contributed by atoms with Crippen molar-refractivity contribution in [3.05, 3.63) is 32.0 Å². The van der Waals surface area contributed by atoms with Gasteiger partial charge in [0.2, 0.25) is 0 Å². The molecular formula is C7H5BrF2N2O3. The van der Waals surface area contributed by atoms with Crippen molar-refractivity contribution in [1.29, 1.82) is 0 Å². The van der Waals surface area contributed by atoms with Gasteiger partial charge in [0, 0.05) is 11.8 Å². The molecule has 0 aliphatic rings. The monoisotopic (exact) mass is 282 g/mol. The Labute approximate surface area is 91.0 Å². The maximum Gasteiger partial charge on any atom is 0.311 e. The van der Waals surface area contributed by atoms with Crippen LogP contribution < -0.4 is 0 Å². The number of aliphatic hydroxyl groups is 1. The number of nitrogens with zero attached hydrogens (tertiary/aromatic N) is 2. The molecule has 0 radical (unpaired) electrons. The van der Waals surface area contributed by atoms with Gasteiger partial charge in [-0.25, -0.2) is 13.8 Å². The van der Waals surface area contributed by atoms with Gasteiger partial charge in [0.05, 0.1) is 11.5 Å². The fourth-order valence-corrected chi connectivity index (χ4v) is 1.55. The second-order valence-electron chi connectivity index (χ2n) is 2.55. The lowest BCUT2D eigenvalue weighted by Gasteiger charge is -2.05. The Morgan fingerprint density at radius 2 is 2.27 bits per heavy atom. The molecule has 0 spiro atoms. The van der Waals surface area contributed by atoms with Crippen molar-refractivity contribution in [3.8, 4) is 0 Å². The lowest BCUT2D eigenvalue weighted by molar-refractivity contribution is -0.387. The van der Waals surface area contributed by atoms with Crippen molar-refractivity contribution < 1.29 is 18.8 Å². The van der Waals surface area contributed by atoms with Crippen LogP contribution in [0.15, 0.2) is 10.7 Å². The first kappa shape index (κ1) is 11.9. The quantitative estimate of drug-likeness (QED) is 0.681. The summed E-state index contributed by atoms with van der Waals surface area (Å²) in [6.45, 7) is -0.516. The van der Waals surface area contributed by atoms with E-state index in [9.17, 15) is 18.9 Å². The van der Waals surface area contributed by atoms with Crippen LogP contribution in [0.5, 0.6) is 0 Å². The van der Waals surface area contributed by atoms with Crippen LogP contribution in [-0.2, 0) is 6.61 Å². The fraction of sp³-hybridized carbons (Fsp3) is 0.286. The molecule has 0 fully saturated rings. The van der Waals surface area contributed by atoms with E-state index in [1.54, 1.807) is 0 Å². The summed E-state index contributed by atoms with van der Waals surface area (Å²) in [6, 6.07) is 0. The summed E-state index contributed by atoms with van der Waals surface area (Å²) in [5.74, 6) is 0. The number of aromatic nitrogens is 1. The fourth-order valence-electron chi connectivity index (χ4n) is 0.973. The SMILES string of the molecule is O=[N+]([O-])c1c(C(F)F)ncc(CO)c1Br. The van der Waals surface area contributed by atoms with Crippen molar-refractivity contribution in [3.63, 3.8) is 0 Å². The first-order valence-corrected chi connectivity index (χ1v) is 4.49. The Balaban J connectivity index is 3.44. The number of alkyl halides is 2. The van der Waals surface area contributed by atoms with Crippen LogP contribution in [0.4, 0.5) is 14.5 Å². The number of rotatable bonds is 3. The van der Waals surface area contributed by atoms with Crippen LogP contribution in [0, 0.1) is 10.1 Å². The summed E-state index contributed by atoms with van der Waals surface area (Å²) in [5, 5.41) is 19.3. The van der Waals surface area contributed by atoms with Gasteiger partial charge < -0.3 is 5.11 Å². The Hall–Kier alpha value is -1.15. The zero-order valence-electron chi connectivity index (χ0n) is 7.15. The summed E-state index contributed by atoms with van der Waals surface area (Å²) in [5.41, 5.74) is -1.63. The minimum absolute atomic E-state index is 0.0890. The van der Waals surface area contributed by atoms with Gasteiger partial charge in [0.25, 0.3) is 6.43 Å². The normalized spacial score (nSPS) is 10.7. The number of aliphatic hydroxyl groups excluding tert-OH is 1. The molecule has 0 aromatic carbocycles. The summed E-state index contributed by atoms with van der Waals surface area (Å²) in [4.78, 5) is 12.8. The van der Waals surface area contributed by atoms with Gasteiger partial charge in [0.1, 0.15) is 4.47 Å². The molecule has 8 heteroatoms. The van der Waals surface area contributed by atoms with Crippen LogP contribution in [0.25, 0.3) is 0 Å². The molecule has 5 nitrogen and oxygen atoms in total. The third kappa shape index (κ3) is 2.26. The summed E-state index contributed by atoms with van der Waals surface area (Å²) in [7, 11) is 0. The van der Waals surface area contributed by atoms with Gasteiger partial charge in [-0.15, -0.1) is 0 Å². The first-order chi connectivity index (χ1) is 6.99. The lowest BCUT2D eigenvalue weighted by atomic mass is 10.2. The molecule has 0 unspecified atom stereocenters. The highest BCUT2D eigenvalue weighted by Crippen LogP contribution is 2.35. The average molecular weight is 283 g/mol. The van der Waals surface area contributed by atoms with E-state index >= 15 is 0 Å². The predicted octanol–water partition coefficient (Wildman–Crippen LogP) is 2.18. The highest BCUT2D eigenvalue weighted by Gasteiger charge is 2.28.